The first kappa shape index (κ1) is 15.4. The van der Waals surface area contributed by atoms with Gasteiger partial charge < -0.3 is 14.4 Å². The second-order valence-electron chi connectivity index (χ2n) is 5.92. The van der Waals surface area contributed by atoms with E-state index in [-0.39, 0.29) is 0 Å². The molecule has 0 bridgehead atoms. The Morgan fingerprint density at radius 3 is 2.50 bits per heavy atom. The maximum absolute atomic E-state index is 5.52. The monoisotopic (exact) mass is 317 g/mol. The van der Waals surface area contributed by atoms with E-state index in [1.807, 2.05) is 11.3 Å². The van der Waals surface area contributed by atoms with Crippen molar-refractivity contribution in [2.45, 2.75) is 19.3 Å². The van der Waals surface area contributed by atoms with E-state index in [4.69, 9.17) is 9.47 Å². The molecule has 1 aliphatic heterocycles. The topological polar surface area (TPSA) is 21.7 Å². The van der Waals surface area contributed by atoms with Gasteiger partial charge in [-0.05, 0) is 55.8 Å². The smallest absolute Gasteiger partial charge is 0.161 e. The normalized spacial score (nSPS) is 18.6. The van der Waals surface area contributed by atoms with Crippen LogP contribution in [-0.4, -0.2) is 39.3 Å². The fourth-order valence-corrected chi connectivity index (χ4v) is 4.16. The summed E-state index contributed by atoms with van der Waals surface area (Å²) >= 11 is 1.89. The molecule has 0 spiro atoms. The molecule has 2 heterocycles. The highest BCUT2D eigenvalue weighted by atomic mass is 32.1. The predicted molar refractivity (Wildman–Crippen MR) is 91.6 cm³/mol. The Bertz CT molecular complexity index is 665. The summed E-state index contributed by atoms with van der Waals surface area (Å²) in [4.78, 5) is 5.21. The van der Waals surface area contributed by atoms with Gasteiger partial charge in [0.2, 0.25) is 0 Å². The van der Waals surface area contributed by atoms with Crippen LogP contribution in [0.4, 0.5) is 0 Å². The molecule has 1 aromatic heterocycles. The number of hydrogen-bond donors (Lipinski definition) is 0. The van der Waals surface area contributed by atoms with Crippen LogP contribution in [-0.2, 0) is 6.42 Å². The summed E-state index contributed by atoms with van der Waals surface area (Å²) in [5.41, 5.74) is 2.75. The summed E-state index contributed by atoms with van der Waals surface area (Å²) in [6, 6.07) is 8.81. The number of nitrogens with zero attached hydrogens (tertiary/aromatic N) is 1. The van der Waals surface area contributed by atoms with Crippen molar-refractivity contribution in [1.82, 2.24) is 4.90 Å². The first-order valence-corrected chi connectivity index (χ1v) is 8.43. The van der Waals surface area contributed by atoms with Crippen LogP contribution in [0.3, 0.4) is 0 Å². The lowest BCUT2D eigenvalue weighted by molar-refractivity contribution is 0.339. The lowest BCUT2D eigenvalue weighted by Gasteiger charge is -2.21. The molecule has 1 aromatic carbocycles. The fraction of sp³-hybridized carbons (Fsp3) is 0.444. The molecule has 2 aromatic rings. The molecule has 22 heavy (non-hydrogen) atoms. The molecule has 3 rings (SSSR count). The van der Waals surface area contributed by atoms with Crippen molar-refractivity contribution in [2.24, 2.45) is 0 Å². The summed E-state index contributed by atoms with van der Waals surface area (Å²) in [6.07, 6.45) is 1.05. The third kappa shape index (κ3) is 2.85. The van der Waals surface area contributed by atoms with Crippen molar-refractivity contribution in [1.29, 1.82) is 0 Å². The third-order valence-electron chi connectivity index (χ3n) is 4.38. The number of thiophene rings is 1. The van der Waals surface area contributed by atoms with Crippen LogP contribution in [0.25, 0.3) is 0 Å². The number of aryl methyl sites for hydroxylation is 1. The Balaban J connectivity index is 2.12. The summed E-state index contributed by atoms with van der Waals surface area (Å²) in [5, 5.41) is 0. The molecular formula is C18H23NO2S. The second kappa shape index (κ2) is 6.31. The van der Waals surface area contributed by atoms with Gasteiger partial charge in [-0.2, -0.15) is 0 Å². The van der Waals surface area contributed by atoms with Gasteiger partial charge in [-0.3, -0.25) is 0 Å². The molecule has 0 N–H and O–H groups in total. The zero-order valence-corrected chi connectivity index (χ0v) is 14.5. The van der Waals surface area contributed by atoms with Crippen LogP contribution in [0.15, 0.2) is 24.3 Å². The zero-order valence-electron chi connectivity index (χ0n) is 13.7. The van der Waals surface area contributed by atoms with Crippen LogP contribution in [0.2, 0.25) is 0 Å². The van der Waals surface area contributed by atoms with Crippen LogP contribution < -0.4 is 9.47 Å². The lowest BCUT2D eigenvalue weighted by atomic mass is 9.92. The van der Waals surface area contributed by atoms with E-state index in [0.29, 0.717) is 5.92 Å². The van der Waals surface area contributed by atoms with Crippen LogP contribution in [0, 0.1) is 6.92 Å². The van der Waals surface area contributed by atoms with Gasteiger partial charge in [-0.15, -0.1) is 11.3 Å². The van der Waals surface area contributed by atoms with E-state index in [1.54, 1.807) is 14.2 Å². The average molecular weight is 317 g/mol. The quantitative estimate of drug-likeness (QED) is 0.862. The van der Waals surface area contributed by atoms with E-state index in [1.165, 1.54) is 20.9 Å². The van der Waals surface area contributed by atoms with E-state index in [2.05, 4.69) is 43.1 Å². The SMILES string of the molecule is COc1cc2c(cc1OC)C(c1ccc(C)s1)CN(C)CC2. The van der Waals surface area contributed by atoms with Gasteiger partial charge in [0.15, 0.2) is 11.5 Å². The van der Waals surface area contributed by atoms with Crippen LogP contribution >= 0.6 is 11.3 Å². The van der Waals surface area contributed by atoms with E-state index >= 15 is 0 Å². The zero-order chi connectivity index (χ0) is 15.7. The number of fused-ring (bicyclic) bond motifs is 1. The Morgan fingerprint density at radius 2 is 1.86 bits per heavy atom. The lowest BCUT2D eigenvalue weighted by Crippen LogP contribution is -2.23. The van der Waals surface area contributed by atoms with Crippen molar-refractivity contribution >= 4 is 11.3 Å². The molecule has 0 aliphatic carbocycles. The summed E-state index contributed by atoms with van der Waals surface area (Å²) < 4.78 is 11.0. The standard InChI is InChI=1S/C18H23NO2S/c1-12-5-6-18(22-12)15-11-19(2)8-7-13-9-16(20-3)17(21-4)10-14(13)15/h5-6,9-10,15H,7-8,11H2,1-4H3. The Kier molecular flexibility index (Phi) is 4.41. The minimum atomic E-state index is 0.404. The highest BCUT2D eigenvalue weighted by Crippen LogP contribution is 2.40. The van der Waals surface area contributed by atoms with Crippen molar-refractivity contribution in [3.63, 3.8) is 0 Å². The third-order valence-corrected chi connectivity index (χ3v) is 5.50. The largest absolute Gasteiger partial charge is 0.493 e. The van der Waals surface area contributed by atoms with Crippen LogP contribution in [0.5, 0.6) is 11.5 Å². The highest BCUT2D eigenvalue weighted by Gasteiger charge is 2.26. The molecule has 0 radical (unpaired) electrons. The van der Waals surface area contributed by atoms with Gasteiger partial charge >= 0.3 is 0 Å². The highest BCUT2D eigenvalue weighted by molar-refractivity contribution is 7.12. The molecule has 1 atom stereocenters. The van der Waals surface area contributed by atoms with Gasteiger partial charge in [-0.25, -0.2) is 0 Å². The summed E-state index contributed by atoms with van der Waals surface area (Å²) in [7, 11) is 5.61. The van der Waals surface area contributed by atoms with Gasteiger partial charge in [0.25, 0.3) is 0 Å². The van der Waals surface area contributed by atoms with Crippen molar-refractivity contribution in [2.75, 3.05) is 34.4 Å². The Hall–Kier alpha value is -1.52. The molecular weight excluding hydrogens is 294 g/mol. The number of hydrogen-bond acceptors (Lipinski definition) is 4. The molecule has 4 heteroatoms. The van der Waals surface area contributed by atoms with Crippen molar-refractivity contribution in [3.8, 4) is 11.5 Å². The number of benzene rings is 1. The van der Waals surface area contributed by atoms with E-state index < -0.39 is 0 Å². The molecule has 118 valence electrons. The first-order chi connectivity index (χ1) is 10.6. The van der Waals surface area contributed by atoms with Gasteiger partial charge in [0, 0.05) is 28.8 Å². The predicted octanol–water partition coefficient (Wildman–Crippen LogP) is 3.69. The minimum Gasteiger partial charge on any atom is -0.493 e. The molecule has 3 nitrogen and oxygen atoms in total. The number of ether oxygens (including phenoxy) is 2. The summed E-state index contributed by atoms with van der Waals surface area (Å²) in [6.45, 7) is 4.29. The number of likely N-dealkylation sites (N-methyl/N-ethyl adjacent to an activating group) is 1. The maximum atomic E-state index is 5.52. The molecule has 1 aliphatic rings. The van der Waals surface area contributed by atoms with Crippen LogP contribution in [0.1, 0.15) is 26.8 Å². The second-order valence-corrected chi connectivity index (χ2v) is 7.24. The Morgan fingerprint density at radius 1 is 1.14 bits per heavy atom. The molecule has 0 fully saturated rings. The number of rotatable bonds is 3. The van der Waals surface area contributed by atoms with Gasteiger partial charge in [0.1, 0.15) is 0 Å². The molecule has 1 unspecified atom stereocenters. The van der Waals surface area contributed by atoms with E-state index in [0.717, 1.165) is 31.0 Å². The Labute approximate surface area is 136 Å². The first-order valence-electron chi connectivity index (χ1n) is 7.62. The minimum absolute atomic E-state index is 0.404. The van der Waals surface area contributed by atoms with Gasteiger partial charge in [0.05, 0.1) is 14.2 Å². The number of methoxy groups -OCH3 is 2. The molecule has 0 amide bonds. The van der Waals surface area contributed by atoms with E-state index in [9.17, 15) is 0 Å². The maximum Gasteiger partial charge on any atom is 0.161 e. The fourth-order valence-electron chi connectivity index (χ4n) is 3.17. The summed E-state index contributed by atoms with van der Waals surface area (Å²) in [5.74, 6) is 2.05. The van der Waals surface area contributed by atoms with Crippen molar-refractivity contribution in [3.05, 3.63) is 45.1 Å². The average Bonchev–Trinajstić information content (AvgIpc) is 2.88. The van der Waals surface area contributed by atoms with Crippen molar-refractivity contribution < 1.29 is 9.47 Å². The molecule has 0 saturated carbocycles. The molecule has 0 saturated heterocycles. The van der Waals surface area contributed by atoms with Gasteiger partial charge in [-0.1, -0.05) is 0 Å².